The van der Waals surface area contributed by atoms with Gasteiger partial charge in [-0.1, -0.05) is 0 Å². The molecule has 5 nitrogen and oxygen atoms in total. The van der Waals surface area contributed by atoms with Gasteiger partial charge in [0.05, 0.1) is 19.2 Å². The van der Waals surface area contributed by atoms with Gasteiger partial charge >= 0.3 is 6.03 Å². The van der Waals surface area contributed by atoms with E-state index in [4.69, 9.17) is 9.84 Å². The van der Waals surface area contributed by atoms with E-state index in [1.807, 2.05) is 0 Å². The van der Waals surface area contributed by atoms with Gasteiger partial charge in [0.25, 0.3) is 0 Å². The van der Waals surface area contributed by atoms with Crippen LogP contribution in [0.4, 0.5) is 4.79 Å². The third-order valence-corrected chi connectivity index (χ3v) is 2.16. The van der Waals surface area contributed by atoms with Gasteiger partial charge < -0.3 is 19.6 Å². The summed E-state index contributed by atoms with van der Waals surface area (Å²) in [6.45, 7) is 2.07. The minimum atomic E-state index is 0.0343. The van der Waals surface area contributed by atoms with Gasteiger partial charge in [-0.25, -0.2) is 4.79 Å². The van der Waals surface area contributed by atoms with Crippen molar-refractivity contribution in [2.75, 3.05) is 40.4 Å². The number of amides is 2. The Morgan fingerprint density at radius 3 is 2.71 bits per heavy atom. The second-order valence-electron chi connectivity index (χ2n) is 3.65. The van der Waals surface area contributed by atoms with E-state index in [9.17, 15) is 4.79 Å². The molecule has 2 amide bonds. The van der Waals surface area contributed by atoms with E-state index in [0.29, 0.717) is 26.1 Å². The molecule has 1 heterocycles. The first-order valence-electron chi connectivity index (χ1n) is 4.84. The third-order valence-electron chi connectivity index (χ3n) is 2.16. The normalized spacial score (nSPS) is 16.6. The fourth-order valence-corrected chi connectivity index (χ4v) is 1.30. The summed E-state index contributed by atoms with van der Waals surface area (Å²) in [4.78, 5) is 14.7. The SMILES string of the molecule is CN(C)C(=O)N1CC(OCCCO)C1. The molecule has 1 saturated heterocycles. The Bertz CT molecular complexity index is 190. The van der Waals surface area contributed by atoms with Gasteiger partial charge in [0, 0.05) is 27.3 Å². The lowest BCUT2D eigenvalue weighted by Crippen LogP contribution is -2.57. The predicted octanol–water partition coefficient (Wildman–Crippen LogP) is -0.249. The fraction of sp³-hybridized carbons (Fsp3) is 0.889. The molecular formula is C9H18N2O3. The summed E-state index contributed by atoms with van der Waals surface area (Å²) in [5.41, 5.74) is 0. The second kappa shape index (κ2) is 5.17. The smallest absolute Gasteiger partial charge is 0.319 e. The number of aliphatic hydroxyl groups is 1. The first-order chi connectivity index (χ1) is 6.65. The Kier molecular flexibility index (Phi) is 4.16. The molecule has 1 fully saturated rings. The topological polar surface area (TPSA) is 53.0 Å². The number of aliphatic hydroxyl groups excluding tert-OH is 1. The standard InChI is InChI=1S/C9H18N2O3/c1-10(2)9(13)11-6-8(7-11)14-5-3-4-12/h8,12H,3-7H2,1-2H3. The lowest BCUT2D eigenvalue weighted by atomic mass is 10.2. The first kappa shape index (κ1) is 11.3. The largest absolute Gasteiger partial charge is 0.396 e. The van der Waals surface area contributed by atoms with Crippen molar-refractivity contribution < 1.29 is 14.6 Å². The molecule has 0 aromatic rings. The number of nitrogens with zero attached hydrogens (tertiary/aromatic N) is 2. The van der Waals surface area contributed by atoms with Crippen LogP contribution in [-0.2, 0) is 4.74 Å². The average Bonchev–Trinajstić information content (AvgIpc) is 2.08. The number of hydrogen-bond donors (Lipinski definition) is 1. The van der Waals surface area contributed by atoms with Gasteiger partial charge in [-0.05, 0) is 6.42 Å². The molecule has 0 atom stereocenters. The van der Waals surface area contributed by atoms with E-state index in [2.05, 4.69) is 0 Å². The monoisotopic (exact) mass is 202 g/mol. The van der Waals surface area contributed by atoms with Gasteiger partial charge in [0.1, 0.15) is 0 Å². The van der Waals surface area contributed by atoms with Crippen molar-refractivity contribution in [1.29, 1.82) is 0 Å². The molecule has 0 unspecified atom stereocenters. The summed E-state index contributed by atoms with van der Waals surface area (Å²) >= 11 is 0. The molecular weight excluding hydrogens is 184 g/mol. The van der Waals surface area contributed by atoms with Gasteiger partial charge in [0.15, 0.2) is 0 Å². The molecule has 1 rings (SSSR count). The highest BCUT2D eigenvalue weighted by Crippen LogP contribution is 2.13. The zero-order chi connectivity index (χ0) is 10.6. The molecule has 0 spiro atoms. The van der Waals surface area contributed by atoms with E-state index in [1.54, 1.807) is 23.9 Å². The van der Waals surface area contributed by atoms with Crippen molar-refractivity contribution in [3.05, 3.63) is 0 Å². The van der Waals surface area contributed by atoms with E-state index in [-0.39, 0.29) is 18.7 Å². The number of carbonyl (C=O) groups excluding carboxylic acids is 1. The number of likely N-dealkylation sites (tertiary alicyclic amines) is 1. The Hall–Kier alpha value is -0.810. The van der Waals surface area contributed by atoms with Crippen LogP contribution in [0.25, 0.3) is 0 Å². The highest BCUT2D eigenvalue weighted by Gasteiger charge is 2.31. The van der Waals surface area contributed by atoms with Crippen LogP contribution >= 0.6 is 0 Å². The summed E-state index contributed by atoms with van der Waals surface area (Å²) in [7, 11) is 3.48. The second-order valence-corrected chi connectivity index (χ2v) is 3.65. The van der Waals surface area contributed by atoms with E-state index in [1.165, 1.54) is 0 Å². The van der Waals surface area contributed by atoms with Crippen molar-refractivity contribution in [2.45, 2.75) is 12.5 Å². The molecule has 0 aliphatic carbocycles. The Morgan fingerprint density at radius 1 is 1.57 bits per heavy atom. The van der Waals surface area contributed by atoms with E-state index in [0.717, 1.165) is 0 Å². The molecule has 1 aliphatic rings. The van der Waals surface area contributed by atoms with Crippen molar-refractivity contribution in [1.82, 2.24) is 9.80 Å². The Labute approximate surface area is 84.2 Å². The molecule has 82 valence electrons. The fourth-order valence-electron chi connectivity index (χ4n) is 1.30. The van der Waals surface area contributed by atoms with Gasteiger partial charge in [-0.3, -0.25) is 0 Å². The highest BCUT2D eigenvalue weighted by atomic mass is 16.5. The average molecular weight is 202 g/mol. The summed E-state index contributed by atoms with van der Waals surface area (Å²) in [6.07, 6.45) is 0.823. The maximum absolute atomic E-state index is 11.4. The quantitative estimate of drug-likeness (QED) is 0.640. The van der Waals surface area contributed by atoms with Crippen LogP contribution in [0.2, 0.25) is 0 Å². The van der Waals surface area contributed by atoms with Crippen molar-refractivity contribution >= 4 is 6.03 Å². The van der Waals surface area contributed by atoms with Crippen molar-refractivity contribution in [2.24, 2.45) is 0 Å². The Morgan fingerprint density at radius 2 is 2.21 bits per heavy atom. The van der Waals surface area contributed by atoms with Crippen LogP contribution in [0.1, 0.15) is 6.42 Å². The molecule has 5 heteroatoms. The summed E-state index contributed by atoms with van der Waals surface area (Å²) in [5, 5.41) is 8.53. The number of hydrogen-bond acceptors (Lipinski definition) is 3. The number of urea groups is 1. The third kappa shape index (κ3) is 2.85. The maximum Gasteiger partial charge on any atom is 0.319 e. The van der Waals surface area contributed by atoms with Crippen LogP contribution in [0.5, 0.6) is 0 Å². The molecule has 0 aromatic heterocycles. The predicted molar refractivity (Wildman–Crippen MR) is 52.1 cm³/mol. The molecule has 0 aromatic carbocycles. The lowest BCUT2D eigenvalue weighted by molar-refractivity contribution is -0.0425. The zero-order valence-electron chi connectivity index (χ0n) is 8.77. The maximum atomic E-state index is 11.4. The molecule has 0 radical (unpaired) electrons. The summed E-state index contributed by atoms with van der Waals surface area (Å²) in [6, 6.07) is 0.0343. The molecule has 0 saturated carbocycles. The van der Waals surface area contributed by atoms with E-state index < -0.39 is 0 Å². The highest BCUT2D eigenvalue weighted by molar-refractivity contribution is 5.74. The molecule has 0 bridgehead atoms. The number of rotatable bonds is 4. The lowest BCUT2D eigenvalue weighted by Gasteiger charge is -2.40. The van der Waals surface area contributed by atoms with E-state index >= 15 is 0 Å². The molecule has 14 heavy (non-hydrogen) atoms. The zero-order valence-corrected chi connectivity index (χ0v) is 8.77. The van der Waals surface area contributed by atoms with Gasteiger partial charge in [0.2, 0.25) is 0 Å². The van der Waals surface area contributed by atoms with Gasteiger partial charge in [-0.2, -0.15) is 0 Å². The van der Waals surface area contributed by atoms with Crippen LogP contribution in [0.15, 0.2) is 0 Å². The summed E-state index contributed by atoms with van der Waals surface area (Å²) in [5.74, 6) is 0. The van der Waals surface area contributed by atoms with Crippen molar-refractivity contribution in [3.8, 4) is 0 Å². The first-order valence-corrected chi connectivity index (χ1v) is 4.84. The minimum Gasteiger partial charge on any atom is -0.396 e. The van der Waals surface area contributed by atoms with Crippen LogP contribution in [-0.4, -0.2) is 67.4 Å². The summed E-state index contributed by atoms with van der Waals surface area (Å²) < 4.78 is 5.41. The Balaban J connectivity index is 2.08. The molecule has 1 N–H and O–H groups in total. The van der Waals surface area contributed by atoms with Crippen LogP contribution < -0.4 is 0 Å². The molecule has 1 aliphatic heterocycles. The number of ether oxygens (including phenoxy) is 1. The number of carbonyl (C=O) groups is 1. The van der Waals surface area contributed by atoms with Gasteiger partial charge in [-0.15, -0.1) is 0 Å². The van der Waals surface area contributed by atoms with Crippen molar-refractivity contribution in [3.63, 3.8) is 0 Å². The van der Waals surface area contributed by atoms with Crippen LogP contribution in [0.3, 0.4) is 0 Å². The van der Waals surface area contributed by atoms with Crippen LogP contribution in [0, 0.1) is 0 Å². The minimum absolute atomic E-state index is 0.0343.